The summed E-state index contributed by atoms with van der Waals surface area (Å²) < 4.78 is 32.6. The second-order valence-corrected chi connectivity index (χ2v) is 8.45. The summed E-state index contributed by atoms with van der Waals surface area (Å²) in [6.45, 7) is 17.1. The van der Waals surface area contributed by atoms with E-state index in [1.165, 1.54) is 6.34 Å². The molecule has 0 atom stereocenters. The fourth-order valence-corrected chi connectivity index (χ4v) is 2.85. The maximum Gasteiger partial charge on any atom is 0.422 e. The maximum atomic E-state index is 11.8. The van der Waals surface area contributed by atoms with Crippen molar-refractivity contribution in [3.05, 3.63) is 48.9 Å². The molecule has 0 aliphatic rings. The maximum absolute atomic E-state index is 11.8. The first kappa shape index (κ1) is 26.4. The molecular formula is C19H33N5O4S. The van der Waals surface area contributed by atoms with E-state index in [9.17, 15) is 13.2 Å². The third-order valence-electron chi connectivity index (χ3n) is 3.31. The van der Waals surface area contributed by atoms with Crippen LogP contribution in [0.1, 0.15) is 40.0 Å². The predicted octanol–water partition coefficient (Wildman–Crippen LogP) is 2.23. The van der Waals surface area contributed by atoms with Gasteiger partial charge in [0.15, 0.2) is 0 Å². The van der Waals surface area contributed by atoms with Crippen LogP contribution in [0.25, 0.3) is 0 Å². The second-order valence-electron chi connectivity index (χ2n) is 6.95. The molecule has 5 N–H and O–H groups in total. The van der Waals surface area contributed by atoms with E-state index < -0.39 is 21.9 Å². The van der Waals surface area contributed by atoms with Crippen molar-refractivity contribution in [2.45, 2.75) is 45.6 Å². The lowest BCUT2D eigenvalue weighted by Crippen LogP contribution is -2.43. The number of aliphatic imine (C=N–C) groups is 1. The third kappa shape index (κ3) is 12.5. The van der Waals surface area contributed by atoms with Gasteiger partial charge in [0.05, 0.1) is 12.0 Å². The zero-order chi connectivity index (χ0) is 22.5. The smallest absolute Gasteiger partial charge is 0.422 e. The number of unbranched alkanes of at least 4 members (excludes halogenated alkanes) is 2. The van der Waals surface area contributed by atoms with E-state index in [1.807, 2.05) is 4.72 Å². The molecular weight excluding hydrogens is 394 g/mol. The zero-order valence-electron chi connectivity index (χ0n) is 17.5. The Hall–Kier alpha value is -2.59. The Bertz CT molecular complexity index is 749. The molecule has 29 heavy (non-hydrogen) atoms. The summed E-state index contributed by atoms with van der Waals surface area (Å²) in [6.07, 6.45) is 5.48. The van der Waals surface area contributed by atoms with E-state index in [2.05, 4.69) is 34.8 Å². The predicted molar refractivity (Wildman–Crippen MR) is 117 cm³/mol. The Balaban J connectivity index is 4.22. The number of nitrogens with one attached hydrogen (secondary N) is 3. The lowest BCUT2D eigenvalue weighted by Gasteiger charge is -2.19. The molecule has 0 saturated heterocycles. The molecule has 0 aromatic heterocycles. The molecule has 0 radical (unpaired) electrons. The first-order valence-electron chi connectivity index (χ1n) is 9.12. The summed E-state index contributed by atoms with van der Waals surface area (Å²) >= 11 is 0. The fraction of sp³-hybridized carbons (Fsp3) is 0.474. The van der Waals surface area contributed by atoms with E-state index >= 15 is 0 Å². The molecule has 10 heteroatoms. The number of allylic oxidation sites excluding steroid dienone is 2. The van der Waals surface area contributed by atoms with Gasteiger partial charge in [-0.1, -0.05) is 32.2 Å². The summed E-state index contributed by atoms with van der Waals surface area (Å²) in [6, 6.07) is 0. The molecule has 0 unspecified atom stereocenters. The van der Waals surface area contributed by atoms with Crippen molar-refractivity contribution in [1.29, 1.82) is 0 Å². The van der Waals surface area contributed by atoms with E-state index in [0.717, 1.165) is 12.8 Å². The lowest BCUT2D eigenvalue weighted by molar-refractivity contribution is 0.0569. The highest BCUT2D eigenvalue weighted by Crippen LogP contribution is 2.14. The average molecular weight is 428 g/mol. The van der Waals surface area contributed by atoms with Crippen LogP contribution in [-0.2, 0) is 14.9 Å². The minimum atomic E-state index is -3.95. The Kier molecular flexibility index (Phi) is 11.6. The molecule has 0 fully saturated rings. The number of hydrogen-bond donors (Lipinski definition) is 4. The molecule has 164 valence electrons. The highest BCUT2D eigenvalue weighted by atomic mass is 32.2. The lowest BCUT2D eigenvalue weighted by atomic mass is 10.1. The highest BCUT2D eigenvalue weighted by molar-refractivity contribution is 7.88. The fourth-order valence-electron chi connectivity index (χ4n) is 2.11. The number of ether oxygens (including phenoxy) is 1. The van der Waals surface area contributed by atoms with Crippen LogP contribution >= 0.6 is 0 Å². The van der Waals surface area contributed by atoms with Crippen LogP contribution < -0.4 is 20.5 Å². The number of carbonyl (C=O) groups excluding carboxylic acids is 1. The Morgan fingerprint density at radius 2 is 1.76 bits per heavy atom. The van der Waals surface area contributed by atoms with Crippen molar-refractivity contribution in [3.63, 3.8) is 0 Å². The van der Waals surface area contributed by atoms with Crippen LogP contribution in [0, 0.1) is 0 Å². The summed E-state index contributed by atoms with van der Waals surface area (Å²) in [4.78, 5) is 15.5. The van der Waals surface area contributed by atoms with Crippen LogP contribution in [0.2, 0.25) is 0 Å². The average Bonchev–Trinajstić information content (AvgIpc) is 2.58. The van der Waals surface area contributed by atoms with Crippen molar-refractivity contribution in [1.82, 2.24) is 14.8 Å². The molecule has 0 aliphatic heterocycles. The van der Waals surface area contributed by atoms with Crippen LogP contribution in [0.15, 0.2) is 53.8 Å². The number of nitrogens with two attached hydrogens (primary N) is 1. The first-order chi connectivity index (χ1) is 13.5. The molecule has 0 aliphatic carbocycles. The summed E-state index contributed by atoms with van der Waals surface area (Å²) in [5.41, 5.74) is 6.44. The summed E-state index contributed by atoms with van der Waals surface area (Å²) in [7, 11) is -3.95. The standard InChI is InChI=1S/C19H33N5O4S/c1-7-16(17(8-2)22-14-20)15(3)21-12-10-9-11-13-23-29(26,27)24-18(25)28-19(4,5)6/h7-8,14,21,23H,1-3,9-13H2,4-6H3,(H2,20,22)(H,24,25)/b17-16-. The Labute approximate surface area is 174 Å². The Morgan fingerprint density at radius 3 is 2.28 bits per heavy atom. The van der Waals surface area contributed by atoms with Gasteiger partial charge in [0.2, 0.25) is 0 Å². The van der Waals surface area contributed by atoms with Crippen LogP contribution in [0.5, 0.6) is 0 Å². The number of hydrogen-bond acceptors (Lipinski definition) is 6. The molecule has 0 rings (SSSR count). The van der Waals surface area contributed by atoms with E-state index in [0.29, 0.717) is 29.9 Å². The van der Waals surface area contributed by atoms with Gasteiger partial charge in [0.25, 0.3) is 0 Å². The van der Waals surface area contributed by atoms with E-state index in [4.69, 9.17) is 10.5 Å². The van der Waals surface area contributed by atoms with Crippen LogP contribution in [-0.4, -0.2) is 39.5 Å². The van der Waals surface area contributed by atoms with Gasteiger partial charge in [-0.15, -0.1) is 0 Å². The summed E-state index contributed by atoms with van der Waals surface area (Å²) in [5.74, 6) is 0. The quantitative estimate of drug-likeness (QED) is 0.154. The number of carbonyl (C=O) groups is 1. The van der Waals surface area contributed by atoms with Gasteiger partial charge < -0.3 is 15.8 Å². The van der Waals surface area contributed by atoms with E-state index in [1.54, 1.807) is 32.9 Å². The second kappa shape index (κ2) is 12.8. The molecule has 0 saturated carbocycles. The SMILES string of the molecule is C=C/C(N=CN)=C(\C=C)C(=C)NCCCCCNS(=O)(=O)NC(=O)OC(C)(C)C. The van der Waals surface area contributed by atoms with Crippen LogP contribution in [0.4, 0.5) is 4.79 Å². The van der Waals surface area contributed by atoms with Gasteiger partial charge >= 0.3 is 16.3 Å². The molecule has 0 heterocycles. The monoisotopic (exact) mass is 427 g/mol. The first-order valence-corrected chi connectivity index (χ1v) is 10.6. The largest absolute Gasteiger partial charge is 0.443 e. The van der Waals surface area contributed by atoms with Gasteiger partial charge in [-0.2, -0.15) is 13.1 Å². The van der Waals surface area contributed by atoms with Gasteiger partial charge in [-0.05, 0) is 39.7 Å². The summed E-state index contributed by atoms with van der Waals surface area (Å²) in [5, 5.41) is 3.16. The molecule has 1 amide bonds. The Morgan fingerprint density at radius 1 is 1.14 bits per heavy atom. The highest BCUT2D eigenvalue weighted by Gasteiger charge is 2.20. The van der Waals surface area contributed by atoms with E-state index in [-0.39, 0.29) is 6.54 Å². The molecule has 0 bridgehead atoms. The topological polar surface area (TPSA) is 135 Å². The van der Waals surface area contributed by atoms with Crippen LogP contribution in [0.3, 0.4) is 0 Å². The molecule has 0 spiro atoms. The van der Waals surface area contributed by atoms with Crippen molar-refractivity contribution in [3.8, 4) is 0 Å². The van der Waals surface area contributed by atoms with Crippen molar-refractivity contribution < 1.29 is 17.9 Å². The van der Waals surface area contributed by atoms with Gasteiger partial charge in [-0.25, -0.2) is 14.5 Å². The number of nitrogens with zero attached hydrogens (tertiary/aromatic N) is 1. The minimum absolute atomic E-state index is 0.197. The van der Waals surface area contributed by atoms with Crippen molar-refractivity contribution >= 4 is 22.6 Å². The van der Waals surface area contributed by atoms with Crippen molar-refractivity contribution in [2.75, 3.05) is 13.1 Å². The minimum Gasteiger partial charge on any atom is -0.443 e. The number of amides is 1. The van der Waals surface area contributed by atoms with Crippen molar-refractivity contribution in [2.24, 2.45) is 10.7 Å². The normalized spacial score (nSPS) is 12.8. The molecule has 0 aromatic rings. The molecule has 9 nitrogen and oxygen atoms in total. The van der Waals surface area contributed by atoms with Gasteiger partial charge in [-0.3, -0.25) is 0 Å². The zero-order valence-corrected chi connectivity index (χ0v) is 18.3. The van der Waals surface area contributed by atoms with Gasteiger partial charge in [0, 0.05) is 24.4 Å². The number of rotatable bonds is 13. The third-order valence-corrected chi connectivity index (χ3v) is 4.33. The molecule has 0 aromatic carbocycles. The van der Waals surface area contributed by atoms with Gasteiger partial charge in [0.1, 0.15) is 5.60 Å².